The molecule has 266 valence electrons. The normalized spacial score (nSPS) is 20.3. The van der Waals surface area contributed by atoms with Crippen molar-refractivity contribution in [3.8, 4) is 11.1 Å². The minimum atomic E-state index is -0.820. The first-order chi connectivity index (χ1) is 23.7. The Morgan fingerprint density at radius 3 is 2.38 bits per heavy atom. The first-order valence-corrected chi connectivity index (χ1v) is 18.7. The number of nitrogens with zero attached hydrogens (tertiary/aromatic N) is 1. The number of hydrogen-bond donors (Lipinski definition) is 1. The number of hydrogen-bond acceptors (Lipinski definition) is 4. The van der Waals surface area contributed by atoms with E-state index in [1.54, 1.807) is 0 Å². The Hall–Kier alpha value is -3.83. The van der Waals surface area contributed by atoms with Gasteiger partial charge in [0.25, 0.3) is 0 Å². The van der Waals surface area contributed by atoms with Crippen LogP contribution < -0.4 is 5.32 Å². The lowest BCUT2D eigenvalue weighted by atomic mass is 9.70. The molecule has 1 N–H and O–H groups in total. The molecule has 2 aromatic rings. The molecule has 0 saturated carbocycles. The topological polar surface area (TPSA) is 66.5 Å². The molecule has 5 heteroatoms. The number of Topliss-reactive ketones (excluding diaryl/α,β-unsaturated/α-hetero) is 2. The highest BCUT2D eigenvalue weighted by Gasteiger charge is 2.45. The van der Waals surface area contributed by atoms with Gasteiger partial charge in [-0.25, -0.2) is 0 Å². The minimum absolute atomic E-state index is 0.0239. The molecule has 5 rings (SSSR count). The Kier molecular flexibility index (Phi) is 11.7. The van der Waals surface area contributed by atoms with E-state index >= 15 is 0 Å². The van der Waals surface area contributed by atoms with E-state index in [0.717, 1.165) is 55.6 Å². The summed E-state index contributed by atoms with van der Waals surface area (Å²) < 4.78 is 0. The Morgan fingerprint density at radius 2 is 1.72 bits per heavy atom. The van der Waals surface area contributed by atoms with Gasteiger partial charge in [0.15, 0.2) is 11.6 Å². The number of piperidine rings is 1. The van der Waals surface area contributed by atoms with Crippen molar-refractivity contribution in [1.82, 2.24) is 10.2 Å². The monoisotopic (exact) mass is 674 g/mol. The number of aryl methyl sites for hydroxylation is 2. The minimum Gasteiger partial charge on any atom is -0.356 e. The van der Waals surface area contributed by atoms with Gasteiger partial charge in [-0.05, 0) is 96.7 Å². The number of allylic oxidation sites excluding steroid dienone is 5. The molecule has 1 fully saturated rings. The number of ketones is 2. The van der Waals surface area contributed by atoms with Crippen molar-refractivity contribution in [2.75, 3.05) is 26.2 Å². The fourth-order valence-electron chi connectivity index (χ4n) is 7.68. The van der Waals surface area contributed by atoms with Gasteiger partial charge >= 0.3 is 0 Å². The van der Waals surface area contributed by atoms with Crippen molar-refractivity contribution in [3.05, 3.63) is 106 Å². The van der Waals surface area contributed by atoms with Crippen LogP contribution in [-0.2, 0) is 20.8 Å². The lowest BCUT2D eigenvalue weighted by molar-refractivity contribution is -0.140. The molecule has 0 aromatic heterocycles. The van der Waals surface area contributed by atoms with E-state index in [2.05, 4.69) is 106 Å². The molecule has 1 saturated heterocycles. The second-order valence-corrected chi connectivity index (χ2v) is 16.4. The first-order valence-electron chi connectivity index (χ1n) is 18.7. The van der Waals surface area contributed by atoms with Gasteiger partial charge in [-0.1, -0.05) is 114 Å². The fraction of sp³-hybridized carbons (Fsp3) is 0.489. The van der Waals surface area contributed by atoms with Crippen LogP contribution >= 0.6 is 0 Å². The maximum absolute atomic E-state index is 14.1. The fourth-order valence-corrected chi connectivity index (χ4v) is 7.68. The van der Waals surface area contributed by atoms with E-state index in [1.807, 2.05) is 19.9 Å². The molecule has 2 heterocycles. The third-order valence-corrected chi connectivity index (χ3v) is 11.3. The lowest BCUT2D eigenvalue weighted by Crippen LogP contribution is -2.50. The maximum atomic E-state index is 14.1. The van der Waals surface area contributed by atoms with Gasteiger partial charge < -0.3 is 10.2 Å². The van der Waals surface area contributed by atoms with Crippen LogP contribution in [0.2, 0.25) is 0 Å². The molecule has 2 unspecified atom stereocenters. The standard InChI is InChI=1S/C45H58N2O3/c1-30-15-18-35(27-37(30)34-19-16-33(17-20-34)14-13-25-47-23-11-9-10-12-24-47)31(2)26-41(48)32(3)38-28-36(44(4,5)6)29-39(38)42(49)40-21-22-46-43(50)45(40,7)8/h9-10,15-20,27,29,31,40H,3,11-14,21-26,28H2,1-2,4-8H3,(H,46,50). The summed E-state index contributed by atoms with van der Waals surface area (Å²) in [6, 6.07) is 15.5. The molecule has 2 aliphatic heterocycles. The third-order valence-electron chi connectivity index (χ3n) is 11.3. The molecule has 1 aliphatic carbocycles. The highest BCUT2D eigenvalue weighted by Crippen LogP contribution is 2.44. The summed E-state index contributed by atoms with van der Waals surface area (Å²) in [7, 11) is 0. The maximum Gasteiger partial charge on any atom is 0.226 e. The number of nitrogens with one attached hydrogen (secondary N) is 1. The predicted octanol–water partition coefficient (Wildman–Crippen LogP) is 9.27. The SMILES string of the molecule is C=C(C(=O)CC(C)c1ccc(C)c(-c2ccc(CCCN3CCC=CCC3)cc2)c1)C1=C(C(=O)C2CCNC(=O)C2(C)C)C=C(C(C)(C)C)C1. The number of rotatable bonds is 12. The number of benzene rings is 2. The third kappa shape index (κ3) is 8.54. The lowest BCUT2D eigenvalue weighted by Gasteiger charge is -2.36. The van der Waals surface area contributed by atoms with E-state index in [9.17, 15) is 14.4 Å². The molecule has 50 heavy (non-hydrogen) atoms. The van der Waals surface area contributed by atoms with Gasteiger partial charge in [-0.15, -0.1) is 0 Å². The second kappa shape index (κ2) is 15.6. The zero-order valence-electron chi connectivity index (χ0n) is 31.6. The van der Waals surface area contributed by atoms with Crippen LogP contribution in [0.3, 0.4) is 0 Å². The van der Waals surface area contributed by atoms with Crippen LogP contribution in [0, 0.1) is 23.7 Å². The summed E-state index contributed by atoms with van der Waals surface area (Å²) in [5.74, 6) is -0.656. The summed E-state index contributed by atoms with van der Waals surface area (Å²) >= 11 is 0. The molecule has 0 radical (unpaired) electrons. The van der Waals surface area contributed by atoms with Gasteiger partial charge in [0.1, 0.15) is 0 Å². The molecule has 2 atom stereocenters. The second-order valence-electron chi connectivity index (χ2n) is 16.4. The van der Waals surface area contributed by atoms with Crippen molar-refractivity contribution >= 4 is 17.5 Å². The van der Waals surface area contributed by atoms with E-state index in [4.69, 9.17) is 0 Å². The van der Waals surface area contributed by atoms with Crippen molar-refractivity contribution in [3.63, 3.8) is 0 Å². The highest BCUT2D eigenvalue weighted by molar-refractivity contribution is 6.09. The van der Waals surface area contributed by atoms with Gasteiger partial charge in [-0.3, -0.25) is 14.4 Å². The van der Waals surface area contributed by atoms with Crippen molar-refractivity contribution in [2.45, 2.75) is 99.3 Å². The smallest absolute Gasteiger partial charge is 0.226 e. The average Bonchev–Trinajstić information content (AvgIpc) is 3.38. The van der Waals surface area contributed by atoms with Crippen LogP contribution in [0.4, 0.5) is 0 Å². The van der Waals surface area contributed by atoms with Crippen molar-refractivity contribution in [2.24, 2.45) is 16.7 Å². The molecular weight excluding hydrogens is 617 g/mol. The molecule has 3 aliphatic rings. The quantitative estimate of drug-likeness (QED) is 0.180. The van der Waals surface area contributed by atoms with E-state index in [1.165, 1.54) is 28.7 Å². The Bertz CT molecular complexity index is 1700. The van der Waals surface area contributed by atoms with E-state index < -0.39 is 11.3 Å². The summed E-state index contributed by atoms with van der Waals surface area (Å²) in [5.41, 5.74) is 7.91. The number of carbonyl (C=O) groups is 3. The average molecular weight is 675 g/mol. The van der Waals surface area contributed by atoms with Crippen LogP contribution in [0.5, 0.6) is 0 Å². The molecule has 2 aromatic carbocycles. The zero-order chi connectivity index (χ0) is 36.2. The molecule has 0 bridgehead atoms. The van der Waals surface area contributed by atoms with Gasteiger partial charge in [0.05, 0.1) is 5.41 Å². The van der Waals surface area contributed by atoms with Crippen LogP contribution in [0.15, 0.2) is 89.6 Å². The van der Waals surface area contributed by atoms with E-state index in [-0.39, 0.29) is 28.8 Å². The Labute approximate surface area is 301 Å². The summed E-state index contributed by atoms with van der Waals surface area (Å²) in [5, 5.41) is 2.91. The predicted molar refractivity (Wildman–Crippen MR) is 206 cm³/mol. The largest absolute Gasteiger partial charge is 0.356 e. The van der Waals surface area contributed by atoms with Crippen molar-refractivity contribution < 1.29 is 14.4 Å². The number of amides is 1. The first kappa shape index (κ1) is 37.4. The van der Waals surface area contributed by atoms with Crippen molar-refractivity contribution in [1.29, 1.82) is 0 Å². The molecule has 5 nitrogen and oxygen atoms in total. The summed E-state index contributed by atoms with van der Waals surface area (Å²) in [6.07, 6.45) is 12.6. The Balaban J connectivity index is 1.27. The molecular formula is C45H58N2O3. The number of carbonyl (C=O) groups excluding carboxylic acids is 3. The molecule has 1 amide bonds. The Morgan fingerprint density at radius 1 is 1.04 bits per heavy atom. The van der Waals surface area contributed by atoms with Gasteiger partial charge in [0.2, 0.25) is 5.91 Å². The molecule has 0 spiro atoms. The zero-order valence-corrected chi connectivity index (χ0v) is 31.6. The van der Waals surface area contributed by atoms with E-state index in [0.29, 0.717) is 37.0 Å². The van der Waals surface area contributed by atoms with Gasteiger partial charge in [-0.2, -0.15) is 0 Å². The summed E-state index contributed by atoms with van der Waals surface area (Å²) in [6.45, 7) is 22.6. The highest BCUT2D eigenvalue weighted by atomic mass is 16.2. The van der Waals surface area contributed by atoms with Crippen LogP contribution in [0.25, 0.3) is 11.1 Å². The summed E-state index contributed by atoms with van der Waals surface area (Å²) in [4.78, 5) is 43.4. The van der Waals surface area contributed by atoms with Crippen LogP contribution in [-0.4, -0.2) is 48.6 Å². The van der Waals surface area contributed by atoms with Gasteiger partial charge in [0, 0.05) is 43.1 Å². The van der Waals surface area contributed by atoms with Crippen LogP contribution in [0.1, 0.15) is 103 Å².